The van der Waals surface area contributed by atoms with Crippen LogP contribution in [0.1, 0.15) is 61.3 Å². The molecule has 0 heterocycles. The van der Waals surface area contributed by atoms with Crippen LogP contribution in [0.15, 0.2) is 0 Å². The van der Waals surface area contributed by atoms with Crippen LogP contribution in [0.3, 0.4) is 0 Å². The molecule has 1 unspecified atom stereocenters. The van der Waals surface area contributed by atoms with Crippen LogP contribution in [-0.2, 0) is 38.1 Å². The fourth-order valence-electron chi connectivity index (χ4n) is 2.03. The van der Waals surface area contributed by atoms with Crippen molar-refractivity contribution in [3.63, 3.8) is 0 Å². The summed E-state index contributed by atoms with van der Waals surface area (Å²) in [5, 5.41) is 13.2. The fourth-order valence-corrected chi connectivity index (χ4v) is 3.12. The molecule has 32 heavy (non-hydrogen) atoms. The molecule has 0 saturated carbocycles. The number of carbonyl (C=O) groups excluding carboxylic acids is 3. The number of carbonyl (C=O) groups is 3. The number of hydrogen-bond donors (Lipinski definition) is 2. The smallest absolute Gasteiger partial charge is 0.434 e. The van der Waals surface area contributed by atoms with Gasteiger partial charge in [0.1, 0.15) is 0 Å². The highest BCUT2D eigenvalue weighted by atomic mass is 32.2. The molecule has 0 fully saturated rings. The Morgan fingerprint density at radius 2 is 1.69 bits per heavy atom. The van der Waals surface area contributed by atoms with Gasteiger partial charge in [-0.05, 0) is 19.3 Å². The predicted octanol–water partition coefficient (Wildman–Crippen LogP) is 1.72. The number of hydrogen-bond acceptors (Lipinski definition) is 10. The summed E-state index contributed by atoms with van der Waals surface area (Å²) >= 11 is 0. The van der Waals surface area contributed by atoms with E-state index in [1.807, 2.05) is 13.8 Å². The van der Waals surface area contributed by atoms with Crippen molar-refractivity contribution in [2.24, 2.45) is 11.3 Å². The van der Waals surface area contributed by atoms with Gasteiger partial charge in [0.2, 0.25) is 5.91 Å². The summed E-state index contributed by atoms with van der Waals surface area (Å²) in [6.45, 7) is 10.4. The number of ether oxygens (including phenoxy) is 3. The third kappa shape index (κ3) is 11.1. The second kappa shape index (κ2) is 12.9. The van der Waals surface area contributed by atoms with E-state index in [-0.39, 0.29) is 43.6 Å². The first-order chi connectivity index (χ1) is 14.5. The average molecular weight is 484 g/mol. The molecule has 1 amide bonds. The first-order valence-electron chi connectivity index (χ1n) is 10.4. The van der Waals surface area contributed by atoms with Crippen molar-refractivity contribution in [1.82, 2.24) is 5.32 Å². The molecule has 188 valence electrons. The first-order valence-corrected chi connectivity index (χ1v) is 12.0. The molecule has 12 heteroatoms. The van der Waals surface area contributed by atoms with Gasteiger partial charge in [0.05, 0.1) is 19.0 Å². The van der Waals surface area contributed by atoms with Gasteiger partial charge < -0.3 is 24.6 Å². The number of aliphatic hydroxyl groups is 1. The Morgan fingerprint density at radius 3 is 2.19 bits per heavy atom. The van der Waals surface area contributed by atoms with Crippen molar-refractivity contribution in [2.45, 2.75) is 73.2 Å². The highest BCUT2D eigenvalue weighted by Crippen LogP contribution is 2.33. The van der Waals surface area contributed by atoms with Crippen molar-refractivity contribution in [1.29, 1.82) is 0 Å². The Labute approximate surface area is 190 Å². The minimum Gasteiger partial charge on any atom is -0.434 e. The number of rotatable bonds is 14. The van der Waals surface area contributed by atoms with Crippen LogP contribution in [0.5, 0.6) is 0 Å². The third-order valence-corrected chi connectivity index (χ3v) is 5.86. The molecule has 11 nitrogen and oxygen atoms in total. The summed E-state index contributed by atoms with van der Waals surface area (Å²) in [4.78, 5) is 35.1. The van der Waals surface area contributed by atoms with Crippen LogP contribution in [0.4, 0.5) is 4.79 Å². The number of nitrogens with one attached hydrogen (secondary N) is 1. The molecule has 0 aromatic carbocycles. The molecule has 2 N–H and O–H groups in total. The topological polar surface area (TPSA) is 155 Å². The van der Waals surface area contributed by atoms with Crippen LogP contribution in [0, 0.1) is 11.3 Å². The Morgan fingerprint density at radius 1 is 1.09 bits per heavy atom. The molecular formula is C20H37NO10S. The molecule has 0 aliphatic carbocycles. The quantitative estimate of drug-likeness (QED) is 0.161. The Kier molecular flexibility index (Phi) is 12.2. The van der Waals surface area contributed by atoms with Crippen molar-refractivity contribution in [2.75, 3.05) is 25.5 Å². The van der Waals surface area contributed by atoms with Gasteiger partial charge in [-0.3, -0.25) is 8.98 Å². The molecule has 2 atom stereocenters. The maximum atomic E-state index is 12.6. The van der Waals surface area contributed by atoms with Gasteiger partial charge in [-0.15, -0.1) is 0 Å². The van der Waals surface area contributed by atoms with Crippen molar-refractivity contribution >= 4 is 28.1 Å². The molecule has 0 aliphatic rings. The zero-order valence-electron chi connectivity index (χ0n) is 19.9. The summed E-state index contributed by atoms with van der Waals surface area (Å²) in [5.41, 5.74) is -3.55. The molecule has 0 aliphatic heterocycles. The van der Waals surface area contributed by atoms with Gasteiger partial charge in [-0.25, -0.2) is 9.59 Å². The highest BCUT2D eigenvalue weighted by Gasteiger charge is 2.49. The largest absolute Gasteiger partial charge is 0.511 e. The van der Waals surface area contributed by atoms with E-state index in [2.05, 4.69) is 5.32 Å². The maximum absolute atomic E-state index is 12.6. The lowest BCUT2D eigenvalue weighted by atomic mass is 9.76. The summed E-state index contributed by atoms with van der Waals surface area (Å²) in [7, 11) is -3.96. The summed E-state index contributed by atoms with van der Waals surface area (Å²) in [6.07, 6.45) is -2.05. The van der Waals surface area contributed by atoms with Gasteiger partial charge in [0, 0.05) is 25.3 Å². The standard InChI is InChI=1S/C20H37NO10S/c1-8-16(31-18(24)28-12-14(2)3)30-17(23)20(7,25)19(5,6)13-29-32(26,27)11-9-10-21-15(4)22/h14,16,25H,8-13H2,1-7H3,(H,21,22)/t16?,20-/m0/s1. The maximum Gasteiger partial charge on any atom is 0.511 e. The minimum absolute atomic E-state index is 0.0911. The van der Waals surface area contributed by atoms with E-state index in [1.54, 1.807) is 6.92 Å². The molecular weight excluding hydrogens is 446 g/mol. The minimum atomic E-state index is -3.96. The van der Waals surface area contributed by atoms with E-state index in [0.29, 0.717) is 0 Å². The molecule has 0 bridgehead atoms. The monoisotopic (exact) mass is 483 g/mol. The Balaban J connectivity index is 4.91. The van der Waals surface area contributed by atoms with Crippen molar-refractivity contribution in [3.05, 3.63) is 0 Å². The SMILES string of the molecule is CCC(OC(=O)OCC(C)C)OC(=O)[C@](C)(O)C(C)(C)COS(=O)(=O)CCCNC(C)=O. The van der Waals surface area contributed by atoms with Crippen LogP contribution in [0.25, 0.3) is 0 Å². The second-order valence-corrected chi connectivity index (χ2v) is 10.4. The van der Waals surface area contributed by atoms with Gasteiger partial charge in [0.25, 0.3) is 16.4 Å². The second-order valence-electron chi connectivity index (χ2n) is 8.63. The number of esters is 1. The fraction of sp³-hybridized carbons (Fsp3) is 0.850. The Bertz CT molecular complexity index is 731. The van der Waals surface area contributed by atoms with E-state index in [0.717, 1.165) is 6.92 Å². The van der Waals surface area contributed by atoms with Gasteiger partial charge in [0.15, 0.2) is 5.60 Å². The lowest BCUT2D eigenvalue weighted by Gasteiger charge is -2.37. The average Bonchev–Trinajstić information content (AvgIpc) is 2.67. The van der Waals surface area contributed by atoms with Crippen molar-refractivity contribution in [3.8, 4) is 0 Å². The molecule has 0 aromatic rings. The van der Waals surface area contributed by atoms with E-state index in [1.165, 1.54) is 20.8 Å². The third-order valence-electron chi connectivity index (χ3n) is 4.59. The lowest BCUT2D eigenvalue weighted by Crippen LogP contribution is -2.53. The van der Waals surface area contributed by atoms with Crippen LogP contribution < -0.4 is 5.32 Å². The predicted molar refractivity (Wildman–Crippen MR) is 115 cm³/mol. The number of amides is 1. The van der Waals surface area contributed by atoms with E-state index in [9.17, 15) is 27.9 Å². The van der Waals surface area contributed by atoms with Crippen molar-refractivity contribution < 1.29 is 46.3 Å². The van der Waals surface area contributed by atoms with E-state index >= 15 is 0 Å². The molecule has 0 rings (SSSR count). The molecule has 0 saturated heterocycles. The lowest BCUT2D eigenvalue weighted by molar-refractivity contribution is -0.203. The van der Waals surface area contributed by atoms with E-state index in [4.69, 9.17) is 18.4 Å². The van der Waals surface area contributed by atoms with Crippen LogP contribution in [-0.4, -0.2) is 69.0 Å². The van der Waals surface area contributed by atoms with Crippen LogP contribution in [0.2, 0.25) is 0 Å². The summed E-state index contributed by atoms with van der Waals surface area (Å²) in [6, 6.07) is 0. The summed E-state index contributed by atoms with van der Waals surface area (Å²) < 4.78 is 44.0. The molecule has 0 aromatic heterocycles. The first kappa shape index (κ1) is 30.1. The van der Waals surface area contributed by atoms with E-state index < -0.39 is 46.2 Å². The molecule has 0 spiro atoms. The van der Waals surface area contributed by atoms with Gasteiger partial charge in [-0.1, -0.05) is 34.6 Å². The van der Waals surface area contributed by atoms with Gasteiger partial charge >= 0.3 is 12.1 Å². The summed E-state index contributed by atoms with van der Waals surface area (Å²) in [5.74, 6) is -1.65. The highest BCUT2D eigenvalue weighted by molar-refractivity contribution is 7.86. The Hall–Kier alpha value is -1.92. The van der Waals surface area contributed by atoms with Crippen LogP contribution >= 0.6 is 0 Å². The zero-order valence-corrected chi connectivity index (χ0v) is 20.7. The zero-order chi connectivity index (χ0) is 25.2. The molecule has 0 radical (unpaired) electrons. The van der Waals surface area contributed by atoms with Gasteiger partial charge in [-0.2, -0.15) is 8.42 Å². The normalized spacial score (nSPS) is 14.9.